The van der Waals surface area contributed by atoms with Gasteiger partial charge in [0.2, 0.25) is 0 Å². The third-order valence-electron chi connectivity index (χ3n) is 2.98. The molecular formula is C15H12N2O3S2. The van der Waals surface area contributed by atoms with Crippen LogP contribution in [0, 0.1) is 6.92 Å². The number of aryl methyl sites for hydroxylation is 1. The smallest absolute Gasteiger partial charge is 0.348 e. The number of anilines is 1. The minimum absolute atomic E-state index is 0.282. The highest BCUT2D eigenvalue weighted by atomic mass is 32.1. The van der Waals surface area contributed by atoms with Gasteiger partial charge in [0.1, 0.15) is 4.88 Å². The number of rotatable bonds is 3. The first-order chi connectivity index (χ1) is 10.6. The van der Waals surface area contributed by atoms with Crippen molar-refractivity contribution in [1.82, 2.24) is 4.98 Å². The van der Waals surface area contributed by atoms with Crippen LogP contribution < -0.4 is 5.32 Å². The number of thiazole rings is 1. The fourth-order valence-corrected chi connectivity index (χ4v) is 3.69. The van der Waals surface area contributed by atoms with Crippen molar-refractivity contribution in [1.29, 1.82) is 0 Å². The lowest BCUT2D eigenvalue weighted by Crippen LogP contribution is -2.09. The highest BCUT2D eigenvalue weighted by Gasteiger charge is 2.15. The second-order valence-electron chi connectivity index (χ2n) is 4.60. The molecule has 0 aliphatic heterocycles. The second kappa shape index (κ2) is 5.86. The van der Waals surface area contributed by atoms with Gasteiger partial charge in [0.15, 0.2) is 5.13 Å². The van der Waals surface area contributed by atoms with Gasteiger partial charge in [-0.3, -0.25) is 10.1 Å². The molecule has 0 bridgehead atoms. The minimum atomic E-state index is -0.445. The van der Waals surface area contributed by atoms with Crippen molar-refractivity contribution in [2.75, 3.05) is 12.4 Å². The molecule has 2 heterocycles. The van der Waals surface area contributed by atoms with E-state index in [1.807, 2.05) is 25.1 Å². The lowest BCUT2D eigenvalue weighted by atomic mass is 10.2. The summed E-state index contributed by atoms with van der Waals surface area (Å²) in [7, 11) is 1.31. The predicted molar refractivity (Wildman–Crippen MR) is 88.0 cm³/mol. The van der Waals surface area contributed by atoms with E-state index < -0.39 is 5.97 Å². The minimum Gasteiger partial charge on any atom is -0.465 e. The molecule has 0 aliphatic rings. The molecule has 1 aromatic carbocycles. The Bertz CT molecular complexity index is 867. The SMILES string of the molecule is COC(=O)c1ccc(C(=O)Nc2nc3ccc(C)cc3s2)s1. The first kappa shape index (κ1) is 14.7. The molecule has 3 aromatic rings. The first-order valence-corrected chi connectivity index (χ1v) is 8.07. The van der Waals surface area contributed by atoms with Crippen LogP contribution in [0.5, 0.6) is 0 Å². The van der Waals surface area contributed by atoms with Crippen LogP contribution in [-0.4, -0.2) is 24.0 Å². The van der Waals surface area contributed by atoms with Gasteiger partial charge in [0, 0.05) is 0 Å². The summed E-state index contributed by atoms with van der Waals surface area (Å²) < 4.78 is 5.65. The molecule has 0 atom stereocenters. The lowest BCUT2D eigenvalue weighted by molar-refractivity contribution is 0.0606. The van der Waals surface area contributed by atoms with Crippen LogP contribution >= 0.6 is 22.7 Å². The zero-order valence-corrected chi connectivity index (χ0v) is 13.5. The van der Waals surface area contributed by atoms with E-state index in [-0.39, 0.29) is 5.91 Å². The summed E-state index contributed by atoms with van der Waals surface area (Å²) in [5.74, 6) is -0.726. The van der Waals surface area contributed by atoms with Gasteiger partial charge in [-0.1, -0.05) is 17.4 Å². The summed E-state index contributed by atoms with van der Waals surface area (Å²) in [5.41, 5.74) is 2.00. The molecule has 0 unspecified atom stereocenters. The summed E-state index contributed by atoms with van der Waals surface area (Å²) in [4.78, 5) is 28.8. The Morgan fingerprint density at radius 3 is 2.68 bits per heavy atom. The normalized spacial score (nSPS) is 10.6. The molecule has 5 nitrogen and oxygen atoms in total. The Balaban J connectivity index is 1.80. The monoisotopic (exact) mass is 332 g/mol. The summed E-state index contributed by atoms with van der Waals surface area (Å²) in [5, 5.41) is 3.30. The number of thiophene rings is 1. The van der Waals surface area contributed by atoms with Crippen molar-refractivity contribution < 1.29 is 14.3 Å². The van der Waals surface area contributed by atoms with Gasteiger partial charge in [-0.2, -0.15) is 0 Å². The van der Waals surface area contributed by atoms with Crippen LogP contribution in [0.3, 0.4) is 0 Å². The maximum atomic E-state index is 12.2. The Kier molecular flexibility index (Phi) is 3.91. The summed E-state index contributed by atoms with van der Waals surface area (Å²) in [6, 6.07) is 9.12. The topological polar surface area (TPSA) is 68.3 Å². The fourth-order valence-electron chi connectivity index (χ4n) is 1.91. The van der Waals surface area contributed by atoms with E-state index in [9.17, 15) is 9.59 Å². The summed E-state index contributed by atoms with van der Waals surface area (Å²) in [6.45, 7) is 2.01. The van der Waals surface area contributed by atoms with Crippen molar-refractivity contribution in [3.8, 4) is 0 Å². The van der Waals surface area contributed by atoms with Crippen LogP contribution in [0.2, 0.25) is 0 Å². The Morgan fingerprint density at radius 1 is 1.14 bits per heavy atom. The van der Waals surface area contributed by atoms with Crippen molar-refractivity contribution in [3.63, 3.8) is 0 Å². The number of nitrogens with one attached hydrogen (secondary N) is 1. The summed E-state index contributed by atoms with van der Waals surface area (Å²) in [6.07, 6.45) is 0. The number of methoxy groups -OCH3 is 1. The van der Waals surface area contributed by atoms with Crippen LogP contribution in [0.25, 0.3) is 10.2 Å². The molecule has 0 saturated heterocycles. The molecule has 1 N–H and O–H groups in total. The molecule has 0 radical (unpaired) electrons. The van der Waals surface area contributed by atoms with E-state index in [1.54, 1.807) is 12.1 Å². The maximum absolute atomic E-state index is 12.2. The molecule has 112 valence electrons. The average Bonchev–Trinajstić information content (AvgIpc) is 3.12. The lowest BCUT2D eigenvalue weighted by Gasteiger charge is -1.97. The number of nitrogens with zero attached hydrogens (tertiary/aromatic N) is 1. The van der Waals surface area contributed by atoms with Crippen molar-refractivity contribution in [2.45, 2.75) is 6.92 Å². The standard InChI is InChI=1S/C15H12N2O3S2/c1-8-3-4-9-12(7-8)22-15(16-9)17-13(18)10-5-6-11(21-10)14(19)20-2/h3-7H,1-2H3,(H,16,17,18). The molecule has 7 heteroatoms. The van der Waals surface area contributed by atoms with Crippen molar-refractivity contribution >= 4 is 49.9 Å². The largest absolute Gasteiger partial charge is 0.465 e. The summed E-state index contributed by atoms with van der Waals surface area (Å²) >= 11 is 2.51. The number of amides is 1. The van der Waals surface area contributed by atoms with E-state index in [1.165, 1.54) is 18.4 Å². The third-order valence-corrected chi connectivity index (χ3v) is 4.98. The van der Waals surface area contributed by atoms with E-state index in [2.05, 4.69) is 15.0 Å². The predicted octanol–water partition coefficient (Wildman–Crippen LogP) is 3.71. The number of esters is 1. The Labute approximate surface area is 134 Å². The van der Waals surface area contributed by atoms with Gasteiger partial charge < -0.3 is 4.74 Å². The number of hydrogen-bond acceptors (Lipinski definition) is 6. The zero-order chi connectivity index (χ0) is 15.7. The molecular weight excluding hydrogens is 320 g/mol. The van der Waals surface area contributed by atoms with Gasteiger partial charge >= 0.3 is 5.97 Å². The highest BCUT2D eigenvalue weighted by molar-refractivity contribution is 7.22. The van der Waals surface area contributed by atoms with E-state index in [4.69, 9.17) is 0 Å². The van der Waals surface area contributed by atoms with Crippen LogP contribution in [-0.2, 0) is 4.74 Å². The van der Waals surface area contributed by atoms with Crippen LogP contribution in [0.4, 0.5) is 5.13 Å². The van der Waals surface area contributed by atoms with Crippen molar-refractivity contribution in [3.05, 3.63) is 45.6 Å². The molecule has 1 amide bonds. The van der Waals surface area contributed by atoms with Gasteiger partial charge in [-0.15, -0.1) is 11.3 Å². The van der Waals surface area contributed by atoms with Gasteiger partial charge in [0.05, 0.1) is 22.2 Å². The van der Waals surface area contributed by atoms with Crippen LogP contribution in [0.1, 0.15) is 24.9 Å². The molecule has 2 aromatic heterocycles. The van der Waals surface area contributed by atoms with Crippen molar-refractivity contribution in [2.24, 2.45) is 0 Å². The van der Waals surface area contributed by atoms with Crippen LogP contribution in [0.15, 0.2) is 30.3 Å². The molecule has 3 rings (SSSR count). The first-order valence-electron chi connectivity index (χ1n) is 6.43. The molecule has 0 saturated carbocycles. The molecule has 22 heavy (non-hydrogen) atoms. The highest BCUT2D eigenvalue weighted by Crippen LogP contribution is 2.27. The number of fused-ring (bicyclic) bond motifs is 1. The number of carbonyl (C=O) groups is 2. The number of hydrogen-bond donors (Lipinski definition) is 1. The van der Waals surface area contributed by atoms with E-state index >= 15 is 0 Å². The van der Waals surface area contributed by atoms with Gasteiger partial charge in [-0.25, -0.2) is 9.78 Å². The average molecular weight is 332 g/mol. The Hall–Kier alpha value is -2.25. The van der Waals surface area contributed by atoms with E-state index in [0.717, 1.165) is 27.1 Å². The fraction of sp³-hybridized carbons (Fsp3) is 0.133. The molecule has 0 fully saturated rings. The second-order valence-corrected chi connectivity index (χ2v) is 6.71. The number of carbonyl (C=O) groups excluding carboxylic acids is 2. The van der Waals surface area contributed by atoms with Gasteiger partial charge in [-0.05, 0) is 36.8 Å². The molecule has 0 aliphatic carbocycles. The number of benzene rings is 1. The third kappa shape index (κ3) is 2.86. The number of aromatic nitrogens is 1. The zero-order valence-electron chi connectivity index (χ0n) is 11.9. The van der Waals surface area contributed by atoms with Gasteiger partial charge in [0.25, 0.3) is 5.91 Å². The Morgan fingerprint density at radius 2 is 1.91 bits per heavy atom. The van der Waals surface area contributed by atoms with E-state index in [0.29, 0.717) is 14.9 Å². The number of ether oxygens (including phenoxy) is 1. The quantitative estimate of drug-likeness (QED) is 0.743. The molecule has 0 spiro atoms. The maximum Gasteiger partial charge on any atom is 0.348 e.